The Hall–Kier alpha value is -2.96. The summed E-state index contributed by atoms with van der Waals surface area (Å²) < 4.78 is 5.25. The van der Waals surface area contributed by atoms with Crippen LogP contribution in [0.1, 0.15) is 73.6 Å². The van der Waals surface area contributed by atoms with E-state index >= 15 is 0 Å². The molecule has 2 fully saturated rings. The van der Waals surface area contributed by atoms with Gasteiger partial charge in [0.25, 0.3) is 0 Å². The van der Waals surface area contributed by atoms with Crippen LogP contribution in [0.5, 0.6) is 5.75 Å². The maximum absolute atomic E-state index is 13.3. The van der Waals surface area contributed by atoms with Crippen LogP contribution < -0.4 is 9.64 Å². The number of aromatic nitrogens is 2. The topological polar surface area (TPSA) is 75.6 Å². The molecule has 1 atom stereocenters. The number of anilines is 1. The molecule has 1 aromatic carbocycles. The third kappa shape index (κ3) is 4.21. The van der Waals surface area contributed by atoms with Crippen LogP contribution >= 0.6 is 0 Å². The molecular weight excluding hydrogens is 416 g/mol. The third-order valence-electron chi connectivity index (χ3n) is 7.38. The van der Waals surface area contributed by atoms with Gasteiger partial charge in [-0.05, 0) is 56.7 Å². The van der Waals surface area contributed by atoms with E-state index in [2.05, 4.69) is 0 Å². The number of hydrogen-bond acceptors (Lipinski definition) is 5. The van der Waals surface area contributed by atoms with Crippen molar-refractivity contribution in [2.45, 2.75) is 70.9 Å². The monoisotopic (exact) mass is 448 g/mol. The van der Waals surface area contributed by atoms with E-state index in [1.54, 1.807) is 12.0 Å². The maximum atomic E-state index is 13.3. The fourth-order valence-corrected chi connectivity index (χ4v) is 5.49. The second-order valence-corrected chi connectivity index (χ2v) is 9.50. The summed E-state index contributed by atoms with van der Waals surface area (Å²) in [5.41, 5.74) is 2.77. The molecule has 1 aromatic heterocycles. The van der Waals surface area contributed by atoms with Gasteiger partial charge in [-0.15, -0.1) is 0 Å². The number of carbonyl (C=O) groups excluding carboxylic acids is 2. The van der Waals surface area contributed by atoms with Crippen LogP contribution in [-0.4, -0.2) is 40.3 Å². The molecule has 1 saturated carbocycles. The molecule has 3 aliphatic rings. The van der Waals surface area contributed by atoms with Gasteiger partial charge in [-0.1, -0.05) is 25.0 Å². The van der Waals surface area contributed by atoms with Crippen LogP contribution in [0.25, 0.3) is 0 Å². The van der Waals surface area contributed by atoms with E-state index in [0.29, 0.717) is 24.6 Å². The zero-order valence-electron chi connectivity index (χ0n) is 19.5. The number of amides is 2. The van der Waals surface area contributed by atoms with Crippen molar-refractivity contribution >= 4 is 17.6 Å². The lowest BCUT2D eigenvalue weighted by Gasteiger charge is -2.36. The minimum Gasteiger partial charge on any atom is -0.497 e. The zero-order chi connectivity index (χ0) is 22.9. The highest BCUT2D eigenvalue weighted by atomic mass is 16.5. The molecule has 0 N–H and O–H groups in total. The van der Waals surface area contributed by atoms with Gasteiger partial charge in [0.2, 0.25) is 11.8 Å². The molecule has 174 valence electrons. The summed E-state index contributed by atoms with van der Waals surface area (Å²) in [4.78, 5) is 39.8. The number of hydrogen-bond donors (Lipinski definition) is 0. The number of aryl methyl sites for hydroxylation is 1. The number of fused-ring (bicyclic) bond motifs is 1. The van der Waals surface area contributed by atoms with E-state index in [1.807, 2.05) is 36.1 Å². The highest BCUT2D eigenvalue weighted by Crippen LogP contribution is 2.37. The molecule has 0 bridgehead atoms. The Labute approximate surface area is 195 Å². The average Bonchev–Trinajstić information content (AvgIpc) is 3.48. The number of rotatable bonds is 5. The SMILES string of the molecule is COc1ccc(CN2C(=O)Cc3c(C)nc(C4CCCCN4C(=O)C4CCCC4)nc32)cc1. The van der Waals surface area contributed by atoms with Crippen molar-refractivity contribution in [2.24, 2.45) is 5.92 Å². The molecule has 3 heterocycles. The summed E-state index contributed by atoms with van der Waals surface area (Å²) in [7, 11) is 1.64. The number of methoxy groups -OCH3 is 1. The molecule has 2 aromatic rings. The minimum atomic E-state index is -0.102. The lowest BCUT2D eigenvalue weighted by atomic mass is 9.97. The molecule has 1 aliphatic carbocycles. The quantitative estimate of drug-likeness (QED) is 0.688. The summed E-state index contributed by atoms with van der Waals surface area (Å²) in [6.07, 6.45) is 7.58. The lowest BCUT2D eigenvalue weighted by molar-refractivity contribution is -0.139. The van der Waals surface area contributed by atoms with Crippen LogP contribution in [-0.2, 0) is 22.6 Å². The van der Waals surface area contributed by atoms with E-state index in [1.165, 1.54) is 0 Å². The van der Waals surface area contributed by atoms with Gasteiger partial charge in [0.15, 0.2) is 5.82 Å². The Morgan fingerprint density at radius 1 is 1.06 bits per heavy atom. The van der Waals surface area contributed by atoms with E-state index in [9.17, 15) is 9.59 Å². The second-order valence-electron chi connectivity index (χ2n) is 9.50. The van der Waals surface area contributed by atoms with Gasteiger partial charge in [-0.3, -0.25) is 14.5 Å². The first kappa shape index (κ1) is 21.9. The Morgan fingerprint density at radius 3 is 2.52 bits per heavy atom. The molecule has 2 amide bonds. The maximum Gasteiger partial charge on any atom is 0.233 e. The third-order valence-corrected chi connectivity index (χ3v) is 7.38. The van der Waals surface area contributed by atoms with Crippen molar-refractivity contribution in [1.82, 2.24) is 14.9 Å². The Kier molecular flexibility index (Phi) is 6.04. The predicted octanol–water partition coefficient (Wildman–Crippen LogP) is 4.13. The summed E-state index contributed by atoms with van der Waals surface area (Å²) in [5.74, 6) is 2.64. The number of benzene rings is 1. The van der Waals surface area contributed by atoms with E-state index in [0.717, 1.165) is 74.1 Å². The number of likely N-dealkylation sites (tertiary alicyclic amines) is 1. The Bertz CT molecular complexity index is 1050. The molecule has 2 aliphatic heterocycles. The fourth-order valence-electron chi connectivity index (χ4n) is 5.49. The van der Waals surface area contributed by atoms with Gasteiger partial charge >= 0.3 is 0 Å². The summed E-state index contributed by atoms with van der Waals surface area (Å²) >= 11 is 0. The van der Waals surface area contributed by atoms with Gasteiger partial charge in [0, 0.05) is 23.7 Å². The first-order valence-corrected chi connectivity index (χ1v) is 12.2. The molecular formula is C26H32N4O3. The molecule has 0 spiro atoms. The largest absolute Gasteiger partial charge is 0.497 e. The van der Waals surface area contributed by atoms with E-state index in [-0.39, 0.29) is 23.8 Å². The first-order valence-electron chi connectivity index (χ1n) is 12.2. The highest BCUT2D eigenvalue weighted by molar-refractivity contribution is 6.00. The number of piperidine rings is 1. The normalized spacial score (nSPS) is 20.9. The van der Waals surface area contributed by atoms with Crippen LogP contribution in [0.3, 0.4) is 0 Å². The lowest BCUT2D eigenvalue weighted by Crippen LogP contribution is -2.42. The van der Waals surface area contributed by atoms with Gasteiger partial charge in [-0.25, -0.2) is 9.97 Å². The molecule has 7 heteroatoms. The molecule has 1 saturated heterocycles. The minimum absolute atomic E-state index is 0.0397. The van der Waals surface area contributed by atoms with Crippen molar-refractivity contribution in [3.05, 3.63) is 46.9 Å². The van der Waals surface area contributed by atoms with Crippen LogP contribution in [0.4, 0.5) is 5.82 Å². The Morgan fingerprint density at radius 2 is 1.79 bits per heavy atom. The van der Waals surface area contributed by atoms with Gasteiger partial charge in [0.1, 0.15) is 11.6 Å². The second kappa shape index (κ2) is 9.12. The predicted molar refractivity (Wildman–Crippen MR) is 125 cm³/mol. The molecule has 7 nitrogen and oxygen atoms in total. The van der Waals surface area contributed by atoms with Crippen molar-refractivity contribution in [3.63, 3.8) is 0 Å². The molecule has 0 radical (unpaired) electrons. The average molecular weight is 449 g/mol. The first-order chi connectivity index (χ1) is 16.0. The smallest absolute Gasteiger partial charge is 0.233 e. The van der Waals surface area contributed by atoms with E-state index < -0.39 is 0 Å². The summed E-state index contributed by atoms with van der Waals surface area (Å²) in [5, 5.41) is 0. The van der Waals surface area contributed by atoms with Gasteiger partial charge in [0.05, 0.1) is 26.1 Å². The van der Waals surface area contributed by atoms with Crippen LogP contribution in [0.2, 0.25) is 0 Å². The number of ether oxygens (including phenoxy) is 1. The van der Waals surface area contributed by atoms with E-state index in [4.69, 9.17) is 14.7 Å². The van der Waals surface area contributed by atoms with Crippen LogP contribution in [0, 0.1) is 12.8 Å². The molecule has 5 rings (SSSR count). The van der Waals surface area contributed by atoms with Crippen molar-refractivity contribution in [2.75, 3.05) is 18.6 Å². The standard InChI is InChI=1S/C26H32N4O3/c1-17-21-15-23(31)30(16-18-10-12-20(33-2)13-11-18)25(21)28-24(27-17)22-9-5-6-14-29(22)26(32)19-7-3-4-8-19/h10-13,19,22H,3-9,14-16H2,1-2H3. The number of carbonyl (C=O) groups is 2. The Balaban J connectivity index is 1.44. The van der Waals surface area contributed by atoms with Crippen molar-refractivity contribution in [3.8, 4) is 5.75 Å². The number of nitrogens with zero attached hydrogens (tertiary/aromatic N) is 4. The van der Waals surface area contributed by atoms with Crippen molar-refractivity contribution < 1.29 is 14.3 Å². The highest BCUT2D eigenvalue weighted by Gasteiger charge is 2.37. The summed E-state index contributed by atoms with van der Waals surface area (Å²) in [6.45, 7) is 3.19. The fraction of sp³-hybridized carbons (Fsp3) is 0.538. The van der Waals surface area contributed by atoms with Gasteiger partial charge < -0.3 is 9.64 Å². The molecule has 33 heavy (non-hydrogen) atoms. The van der Waals surface area contributed by atoms with Crippen LogP contribution in [0.15, 0.2) is 24.3 Å². The zero-order valence-corrected chi connectivity index (χ0v) is 19.5. The van der Waals surface area contributed by atoms with Gasteiger partial charge in [-0.2, -0.15) is 0 Å². The molecule has 1 unspecified atom stereocenters. The van der Waals surface area contributed by atoms with Crippen molar-refractivity contribution in [1.29, 1.82) is 0 Å². The summed E-state index contributed by atoms with van der Waals surface area (Å²) in [6, 6.07) is 7.66.